The Morgan fingerprint density at radius 1 is 0.933 bits per heavy atom. The predicted octanol–water partition coefficient (Wildman–Crippen LogP) is 4.02. The van der Waals surface area contributed by atoms with Crippen molar-refractivity contribution in [1.82, 2.24) is 20.3 Å². The highest BCUT2D eigenvalue weighted by atomic mass is 16.3. The molecule has 4 aromatic rings. The van der Waals surface area contributed by atoms with Gasteiger partial charge in [0.15, 0.2) is 0 Å². The molecule has 6 heteroatoms. The number of fused-ring (bicyclic) bond motifs is 1. The van der Waals surface area contributed by atoms with Gasteiger partial charge in [-0.05, 0) is 49.2 Å². The van der Waals surface area contributed by atoms with Crippen LogP contribution in [0.4, 0.5) is 5.82 Å². The van der Waals surface area contributed by atoms with Crippen LogP contribution in [-0.4, -0.2) is 46.2 Å². The number of aryl methyl sites for hydroxylation is 2. The van der Waals surface area contributed by atoms with Crippen LogP contribution in [-0.2, 0) is 0 Å². The van der Waals surface area contributed by atoms with Crippen LogP contribution < -0.4 is 10.2 Å². The Morgan fingerprint density at radius 3 is 2.47 bits per heavy atom. The number of pyridine rings is 2. The van der Waals surface area contributed by atoms with Gasteiger partial charge in [-0.1, -0.05) is 12.1 Å². The van der Waals surface area contributed by atoms with Gasteiger partial charge in [-0.15, -0.1) is 0 Å². The topological polar surface area (TPSA) is 77.1 Å². The standard InChI is InChI=1S/C24H25N5O/c1-15-11-19(13-23(30)27-15)24-16(2)20-5-3-17(12-21(20)28-24)18-4-6-22(26-14-18)29-9-7-25-8-10-29/h3-6,11-14,25,28H,7-10H2,1-2H3,(H,27,30). The van der Waals surface area contributed by atoms with Gasteiger partial charge in [0.25, 0.3) is 0 Å². The molecule has 0 radical (unpaired) electrons. The van der Waals surface area contributed by atoms with Crippen molar-refractivity contribution in [3.63, 3.8) is 0 Å². The second-order valence-electron chi connectivity index (χ2n) is 7.88. The summed E-state index contributed by atoms with van der Waals surface area (Å²) in [4.78, 5) is 14.6. The lowest BCUT2D eigenvalue weighted by molar-refractivity contribution is 0.452. The quantitative estimate of drug-likeness (QED) is 0.485. The number of hydrogen-bond donors (Lipinski definition) is 3. The van der Waals surface area contributed by atoms with Gasteiger partial charge in [0, 0.05) is 71.9 Å². The van der Waals surface area contributed by atoms with Gasteiger partial charge < -0.3 is 20.3 Å². The molecule has 1 fully saturated rings. The minimum absolute atomic E-state index is 0.0411. The first kappa shape index (κ1) is 18.6. The van der Waals surface area contributed by atoms with E-state index in [0.717, 1.165) is 71.2 Å². The van der Waals surface area contributed by atoms with Gasteiger partial charge in [-0.3, -0.25) is 0 Å². The van der Waals surface area contributed by atoms with E-state index in [9.17, 15) is 5.11 Å². The summed E-state index contributed by atoms with van der Waals surface area (Å²) in [5, 5.41) is 14.4. The van der Waals surface area contributed by atoms with Crippen molar-refractivity contribution >= 4 is 16.7 Å². The van der Waals surface area contributed by atoms with Gasteiger partial charge >= 0.3 is 0 Å². The number of piperazine rings is 1. The van der Waals surface area contributed by atoms with Crippen molar-refractivity contribution < 1.29 is 5.11 Å². The molecule has 3 aromatic heterocycles. The molecular formula is C24H25N5O. The largest absolute Gasteiger partial charge is 0.493 e. The molecular weight excluding hydrogens is 374 g/mol. The molecule has 30 heavy (non-hydrogen) atoms. The first-order chi connectivity index (χ1) is 14.6. The summed E-state index contributed by atoms with van der Waals surface area (Å²) in [6.07, 6.45) is 1.96. The van der Waals surface area contributed by atoms with Crippen LogP contribution in [0.2, 0.25) is 0 Å². The number of rotatable bonds is 3. The Hall–Kier alpha value is -3.38. The molecule has 0 amide bonds. The van der Waals surface area contributed by atoms with Gasteiger partial charge in [-0.2, -0.15) is 0 Å². The van der Waals surface area contributed by atoms with Gasteiger partial charge in [0.2, 0.25) is 5.88 Å². The van der Waals surface area contributed by atoms with E-state index in [-0.39, 0.29) is 5.88 Å². The SMILES string of the molecule is Cc1cc(-c2[nH]c3cc(-c4ccc(N5CCNCC5)nc4)ccc3c2C)cc(O)n1. The molecule has 3 N–H and O–H groups in total. The highest BCUT2D eigenvalue weighted by Crippen LogP contribution is 2.33. The minimum atomic E-state index is 0.0411. The second-order valence-corrected chi connectivity index (χ2v) is 7.88. The lowest BCUT2D eigenvalue weighted by atomic mass is 10.0. The van der Waals surface area contributed by atoms with E-state index in [1.54, 1.807) is 6.07 Å². The second kappa shape index (κ2) is 7.46. The summed E-state index contributed by atoms with van der Waals surface area (Å²) in [6.45, 7) is 7.98. The molecule has 1 aromatic carbocycles. The number of nitrogens with zero attached hydrogens (tertiary/aromatic N) is 3. The summed E-state index contributed by atoms with van der Waals surface area (Å²) in [5.74, 6) is 1.08. The summed E-state index contributed by atoms with van der Waals surface area (Å²) in [6, 6.07) is 14.4. The Morgan fingerprint density at radius 2 is 1.73 bits per heavy atom. The molecule has 152 valence electrons. The number of benzene rings is 1. The lowest BCUT2D eigenvalue weighted by Crippen LogP contribution is -2.43. The average Bonchev–Trinajstić information content (AvgIpc) is 3.10. The number of aromatic nitrogens is 3. The number of anilines is 1. The Bertz CT molecular complexity index is 1190. The predicted molar refractivity (Wildman–Crippen MR) is 121 cm³/mol. The van der Waals surface area contributed by atoms with E-state index in [0.29, 0.717) is 0 Å². The summed E-state index contributed by atoms with van der Waals surface area (Å²) in [7, 11) is 0. The van der Waals surface area contributed by atoms with Crippen molar-refractivity contribution in [3.8, 4) is 28.3 Å². The van der Waals surface area contributed by atoms with Crippen LogP contribution in [0.3, 0.4) is 0 Å². The lowest BCUT2D eigenvalue weighted by Gasteiger charge is -2.28. The van der Waals surface area contributed by atoms with Gasteiger partial charge in [0.05, 0.1) is 0 Å². The zero-order chi connectivity index (χ0) is 20.7. The molecule has 1 saturated heterocycles. The molecule has 0 unspecified atom stereocenters. The Balaban J connectivity index is 1.49. The maximum Gasteiger partial charge on any atom is 0.211 e. The summed E-state index contributed by atoms with van der Waals surface area (Å²) >= 11 is 0. The molecule has 0 atom stereocenters. The fraction of sp³-hybridized carbons (Fsp3) is 0.250. The molecule has 0 aliphatic carbocycles. The normalized spacial score (nSPS) is 14.4. The Labute approximate surface area is 175 Å². The maximum atomic E-state index is 9.89. The number of aromatic hydroxyl groups is 1. The van der Waals surface area contributed by atoms with E-state index in [2.05, 4.69) is 57.4 Å². The van der Waals surface area contributed by atoms with Crippen molar-refractivity contribution in [2.45, 2.75) is 13.8 Å². The third-order valence-electron chi connectivity index (χ3n) is 5.81. The van der Waals surface area contributed by atoms with E-state index < -0.39 is 0 Å². The summed E-state index contributed by atoms with van der Waals surface area (Å²) < 4.78 is 0. The number of H-pyrrole nitrogens is 1. The van der Waals surface area contributed by atoms with E-state index in [1.165, 1.54) is 5.39 Å². The van der Waals surface area contributed by atoms with Gasteiger partial charge in [0.1, 0.15) is 5.82 Å². The minimum Gasteiger partial charge on any atom is -0.493 e. The first-order valence-corrected chi connectivity index (χ1v) is 10.3. The zero-order valence-electron chi connectivity index (χ0n) is 17.2. The molecule has 0 bridgehead atoms. The van der Waals surface area contributed by atoms with Crippen LogP contribution in [0, 0.1) is 13.8 Å². The number of aromatic amines is 1. The van der Waals surface area contributed by atoms with Gasteiger partial charge in [-0.25, -0.2) is 9.97 Å². The van der Waals surface area contributed by atoms with E-state index >= 15 is 0 Å². The Kier molecular flexibility index (Phi) is 4.64. The molecule has 5 rings (SSSR count). The van der Waals surface area contributed by atoms with Crippen LogP contribution in [0.15, 0.2) is 48.7 Å². The fourth-order valence-electron chi connectivity index (χ4n) is 4.24. The smallest absolute Gasteiger partial charge is 0.211 e. The van der Waals surface area contributed by atoms with Crippen molar-refractivity contribution in [2.24, 2.45) is 0 Å². The highest BCUT2D eigenvalue weighted by Gasteiger charge is 2.14. The van der Waals surface area contributed by atoms with E-state index in [1.807, 2.05) is 19.2 Å². The fourth-order valence-corrected chi connectivity index (χ4v) is 4.24. The average molecular weight is 399 g/mol. The monoisotopic (exact) mass is 399 g/mol. The zero-order valence-corrected chi connectivity index (χ0v) is 17.2. The maximum absolute atomic E-state index is 9.89. The molecule has 0 spiro atoms. The van der Waals surface area contributed by atoms with E-state index in [4.69, 9.17) is 4.98 Å². The number of nitrogens with one attached hydrogen (secondary N) is 2. The van der Waals surface area contributed by atoms with Crippen molar-refractivity contribution in [2.75, 3.05) is 31.1 Å². The van der Waals surface area contributed by atoms with Crippen LogP contribution in [0.1, 0.15) is 11.3 Å². The third-order valence-corrected chi connectivity index (χ3v) is 5.81. The molecule has 0 saturated carbocycles. The van der Waals surface area contributed by atoms with Crippen molar-refractivity contribution in [1.29, 1.82) is 0 Å². The molecule has 1 aliphatic heterocycles. The molecule has 6 nitrogen and oxygen atoms in total. The third kappa shape index (κ3) is 3.39. The molecule has 4 heterocycles. The summed E-state index contributed by atoms with van der Waals surface area (Å²) in [5.41, 5.74) is 7.20. The van der Waals surface area contributed by atoms with Crippen LogP contribution in [0.25, 0.3) is 33.3 Å². The molecule has 1 aliphatic rings. The van der Waals surface area contributed by atoms with Crippen molar-refractivity contribution in [3.05, 3.63) is 59.9 Å². The van der Waals surface area contributed by atoms with Crippen LogP contribution in [0.5, 0.6) is 5.88 Å². The van der Waals surface area contributed by atoms with Crippen LogP contribution >= 0.6 is 0 Å². The first-order valence-electron chi connectivity index (χ1n) is 10.3. The number of hydrogen-bond acceptors (Lipinski definition) is 5. The highest BCUT2D eigenvalue weighted by molar-refractivity contribution is 5.93.